The maximum Gasteiger partial charge on any atom is 0.303 e. The fourth-order valence-electron chi connectivity index (χ4n) is 9.62. The summed E-state index contributed by atoms with van der Waals surface area (Å²) in [5, 5.41) is 28.0. The van der Waals surface area contributed by atoms with Crippen molar-refractivity contribution in [3.05, 3.63) is 114 Å². The molecule has 10 atom stereocenters. The van der Waals surface area contributed by atoms with Crippen LogP contribution in [0.15, 0.2) is 101 Å². The molecule has 0 saturated carbocycles. The summed E-state index contributed by atoms with van der Waals surface area (Å²) in [4.78, 5) is 97.8. The van der Waals surface area contributed by atoms with Gasteiger partial charge in [-0.05, 0) is 59.0 Å². The number of esters is 8. The van der Waals surface area contributed by atoms with Crippen molar-refractivity contribution in [1.29, 1.82) is 0 Å². The molecule has 0 aliphatic carbocycles. The van der Waals surface area contributed by atoms with E-state index in [0.29, 0.717) is 39.8 Å². The normalized spacial score (nSPS) is 21.4. The zero-order valence-corrected chi connectivity index (χ0v) is 49.7. The summed E-state index contributed by atoms with van der Waals surface area (Å²) in [5.74, 6) is -4.78. The molecule has 4 aromatic carbocycles. The molecule has 2 aliphatic rings. The van der Waals surface area contributed by atoms with Crippen LogP contribution in [0.25, 0.3) is 10.8 Å². The average Bonchev–Trinajstić information content (AvgIpc) is 2.34. The van der Waals surface area contributed by atoms with Crippen molar-refractivity contribution in [1.82, 2.24) is 30.0 Å². The number of carbonyl (C=O) groups is 8. The standard InChI is InChI=1S/C59H64N8O22/c1-31(68)77-29-49-52(81-33(3)70)54(83-35(5)72)56(85-37(7)74)58(88-49)79-27-43-25-66(64-61-43)23-39-20-40(22-46(21-39)87-45-17-15-42(16-18-45)60-63-51-47-13-11-10-12-41(47)14-19-48(51)76-9)24-67-26-44(62-65-67)28-80-59-57(86-38(8)75)55(84-36(6)73)53(82-34(4)71)50(89-59)30-78-32(2)69/h10-22,25-26,49-50,52-59H,23-24,27-30H2,1-9H3/t49-,50-,52-,53-,54+,55+,56-,57-,58-,59-/m1/s1. The van der Waals surface area contributed by atoms with Crippen LogP contribution in [0.3, 0.4) is 0 Å². The van der Waals surface area contributed by atoms with E-state index in [9.17, 15) is 38.4 Å². The van der Waals surface area contributed by atoms with Gasteiger partial charge in [0.25, 0.3) is 0 Å². The van der Waals surface area contributed by atoms with Crippen molar-refractivity contribution in [2.24, 2.45) is 10.2 Å². The second-order valence-electron chi connectivity index (χ2n) is 20.2. The Morgan fingerprint density at radius 2 is 0.944 bits per heavy atom. The zero-order valence-electron chi connectivity index (χ0n) is 49.7. The Morgan fingerprint density at radius 1 is 0.494 bits per heavy atom. The van der Waals surface area contributed by atoms with Gasteiger partial charge in [0.15, 0.2) is 49.2 Å². The van der Waals surface area contributed by atoms with Gasteiger partial charge in [0.05, 0.1) is 51.5 Å². The minimum absolute atomic E-state index is 0.111. The number of hydrogen-bond acceptors (Lipinski definition) is 28. The smallest absolute Gasteiger partial charge is 0.303 e. The maximum atomic E-state index is 12.4. The number of azo groups is 1. The second-order valence-corrected chi connectivity index (χ2v) is 20.2. The van der Waals surface area contributed by atoms with E-state index in [0.717, 1.165) is 66.2 Å². The first kappa shape index (κ1) is 65.2. The highest BCUT2D eigenvalue weighted by Crippen LogP contribution is 2.38. The molecule has 0 amide bonds. The average molecular weight is 1240 g/mol. The molecule has 2 saturated heterocycles. The molecule has 30 heteroatoms. The van der Waals surface area contributed by atoms with E-state index in [4.69, 9.17) is 66.3 Å². The van der Waals surface area contributed by atoms with E-state index >= 15 is 0 Å². The predicted octanol–water partition coefficient (Wildman–Crippen LogP) is 5.54. The Morgan fingerprint density at radius 3 is 1.39 bits per heavy atom. The highest BCUT2D eigenvalue weighted by atomic mass is 16.7. The Hall–Kier alpha value is -9.78. The molecule has 0 radical (unpaired) electrons. The number of ether oxygens (including phenoxy) is 14. The van der Waals surface area contributed by atoms with Gasteiger partial charge in [-0.15, -0.1) is 15.3 Å². The topological polar surface area (TPSA) is 352 Å². The summed E-state index contributed by atoms with van der Waals surface area (Å²) >= 11 is 0. The van der Waals surface area contributed by atoms with E-state index in [1.807, 2.05) is 42.5 Å². The van der Waals surface area contributed by atoms with Crippen LogP contribution in [0, 0.1) is 0 Å². The zero-order chi connectivity index (χ0) is 63.9. The SMILES string of the molecule is COc1ccc2ccccc2c1N=Nc1ccc(Oc2cc(Cn3cc(CO[C@@H]4O[C@H](COC(C)=O)[C@@H](OC(C)=O)[C@H](OC(C)=O)[C@H]4OC(C)=O)nn3)cc(Cn3cc(CO[C@@H]4O[C@H](COC(C)=O)[C@@H](OC(C)=O)[C@H](OC(C)=O)[C@H]4OC(C)=O)nn3)c2)cc1. The molecule has 2 fully saturated rings. The number of methoxy groups -OCH3 is 1. The minimum Gasteiger partial charge on any atom is -0.494 e. The number of aromatic nitrogens is 6. The first-order valence-corrected chi connectivity index (χ1v) is 27.6. The number of rotatable bonds is 25. The summed E-state index contributed by atoms with van der Waals surface area (Å²) < 4.78 is 82.8. The lowest BCUT2D eigenvalue weighted by molar-refractivity contribution is -0.310. The summed E-state index contributed by atoms with van der Waals surface area (Å²) in [7, 11) is 1.56. The molecular formula is C59H64N8O22. The van der Waals surface area contributed by atoms with Crippen LogP contribution in [0.5, 0.6) is 17.2 Å². The van der Waals surface area contributed by atoms with Gasteiger partial charge in [0.2, 0.25) is 0 Å². The Bertz CT molecular complexity index is 3400. The number of hydrogen-bond donors (Lipinski definition) is 0. The van der Waals surface area contributed by atoms with Crippen LogP contribution in [0.1, 0.15) is 77.9 Å². The minimum atomic E-state index is -1.48. The predicted molar refractivity (Wildman–Crippen MR) is 299 cm³/mol. The molecule has 0 spiro atoms. The van der Waals surface area contributed by atoms with Gasteiger partial charge in [-0.25, -0.2) is 9.36 Å². The van der Waals surface area contributed by atoms with Gasteiger partial charge in [-0.2, -0.15) is 5.11 Å². The first-order chi connectivity index (χ1) is 42.6. The van der Waals surface area contributed by atoms with Crippen molar-refractivity contribution in [2.45, 2.75) is 143 Å². The van der Waals surface area contributed by atoms with Crippen molar-refractivity contribution < 1.29 is 105 Å². The van der Waals surface area contributed by atoms with Gasteiger partial charge in [0, 0.05) is 60.8 Å². The number of nitrogens with zero attached hydrogens (tertiary/aromatic N) is 8. The van der Waals surface area contributed by atoms with E-state index < -0.39 is 122 Å². The van der Waals surface area contributed by atoms with Crippen molar-refractivity contribution >= 4 is 69.9 Å². The fraction of sp³-hybridized carbons (Fsp3) is 0.424. The van der Waals surface area contributed by atoms with Crippen LogP contribution in [0.2, 0.25) is 0 Å². The third-order valence-electron chi connectivity index (χ3n) is 13.0. The number of benzene rings is 4. The summed E-state index contributed by atoms with van der Waals surface area (Å²) in [6, 6.07) is 23.9. The summed E-state index contributed by atoms with van der Waals surface area (Å²) in [5.41, 5.74) is 2.96. The van der Waals surface area contributed by atoms with Crippen LogP contribution < -0.4 is 9.47 Å². The third kappa shape index (κ3) is 18.4. The second kappa shape index (κ2) is 30.2. The van der Waals surface area contributed by atoms with Crippen LogP contribution >= 0.6 is 0 Å². The van der Waals surface area contributed by atoms with Gasteiger partial charge < -0.3 is 66.3 Å². The fourth-order valence-corrected chi connectivity index (χ4v) is 9.62. The number of fused-ring (bicyclic) bond motifs is 1. The quantitative estimate of drug-likeness (QED) is 0.0386. The van der Waals surface area contributed by atoms with Crippen LogP contribution in [-0.4, -0.2) is 159 Å². The third-order valence-corrected chi connectivity index (χ3v) is 13.0. The lowest BCUT2D eigenvalue weighted by atomic mass is 9.98. The Labute approximate surface area is 507 Å². The summed E-state index contributed by atoms with van der Waals surface area (Å²) in [6.45, 7) is 7.67. The maximum absolute atomic E-state index is 12.4. The van der Waals surface area contributed by atoms with Gasteiger partial charge in [-0.1, -0.05) is 46.8 Å². The van der Waals surface area contributed by atoms with E-state index in [2.05, 4.69) is 30.9 Å². The van der Waals surface area contributed by atoms with Crippen LogP contribution in [-0.2, 0) is 122 Å². The van der Waals surface area contributed by atoms with Crippen molar-refractivity contribution in [3.63, 3.8) is 0 Å². The lowest BCUT2D eigenvalue weighted by Gasteiger charge is -2.43. The Balaban J connectivity index is 1.03. The highest BCUT2D eigenvalue weighted by Gasteiger charge is 2.54. The molecule has 30 nitrogen and oxygen atoms in total. The molecule has 2 aromatic heterocycles. The van der Waals surface area contributed by atoms with Crippen molar-refractivity contribution in [3.8, 4) is 17.2 Å². The first-order valence-electron chi connectivity index (χ1n) is 27.6. The molecule has 4 heterocycles. The number of carbonyl (C=O) groups excluding carboxylic acids is 8. The molecule has 6 aromatic rings. The summed E-state index contributed by atoms with van der Waals surface area (Å²) in [6.07, 6.45) is -10.9. The molecule has 8 rings (SSSR count). The Kier molecular flexibility index (Phi) is 22.1. The van der Waals surface area contributed by atoms with Gasteiger partial charge in [-0.3, -0.25) is 38.4 Å². The van der Waals surface area contributed by atoms with E-state index in [1.54, 1.807) is 55.9 Å². The van der Waals surface area contributed by atoms with E-state index in [1.165, 1.54) is 9.36 Å². The van der Waals surface area contributed by atoms with Gasteiger partial charge >= 0.3 is 47.8 Å². The van der Waals surface area contributed by atoms with Gasteiger partial charge in [0.1, 0.15) is 59.7 Å². The largest absolute Gasteiger partial charge is 0.494 e. The lowest BCUT2D eigenvalue weighted by Crippen LogP contribution is -2.62. The highest BCUT2D eigenvalue weighted by molar-refractivity contribution is 5.95. The molecule has 472 valence electrons. The molecule has 2 aliphatic heterocycles. The molecule has 0 bridgehead atoms. The molecule has 0 N–H and O–H groups in total. The molecular weight excluding hydrogens is 1170 g/mol. The van der Waals surface area contributed by atoms with Crippen LogP contribution in [0.4, 0.5) is 11.4 Å². The molecule has 0 unspecified atom stereocenters. The van der Waals surface area contributed by atoms with E-state index in [-0.39, 0.29) is 37.7 Å². The monoisotopic (exact) mass is 1240 g/mol. The van der Waals surface area contributed by atoms with Crippen molar-refractivity contribution in [2.75, 3.05) is 20.3 Å². The molecule has 89 heavy (non-hydrogen) atoms.